The molecule has 1 aromatic carbocycles. The Morgan fingerprint density at radius 3 is 2.28 bits per heavy atom. The zero-order valence-electron chi connectivity index (χ0n) is 23.8. The summed E-state index contributed by atoms with van der Waals surface area (Å²) in [6.45, 7) is 16.7. The lowest BCUT2D eigenvalue weighted by molar-refractivity contribution is 0.122. The third kappa shape index (κ3) is 9.18. The molecular weight excluding hydrogens is 538 g/mol. The van der Waals surface area contributed by atoms with Crippen molar-refractivity contribution in [3.05, 3.63) is 35.7 Å². The maximum absolute atomic E-state index is 13.4. The van der Waals surface area contributed by atoms with Gasteiger partial charge in [-0.2, -0.15) is 0 Å². The molecule has 1 fully saturated rings. The zero-order chi connectivity index (χ0) is 29.0. The van der Waals surface area contributed by atoms with Crippen LogP contribution in [0.15, 0.2) is 35.6 Å². The molecule has 1 aromatic heterocycles. The molecule has 1 aliphatic rings. The Morgan fingerprint density at radius 1 is 1.05 bits per heavy atom. The molecule has 2 aromatic rings. The second-order valence-electron chi connectivity index (χ2n) is 11.4. The van der Waals surface area contributed by atoms with Gasteiger partial charge in [-0.3, -0.25) is 5.32 Å². The molecule has 0 saturated heterocycles. The van der Waals surface area contributed by atoms with Crippen molar-refractivity contribution in [3.63, 3.8) is 0 Å². The Morgan fingerprint density at radius 2 is 1.69 bits per heavy atom. The maximum atomic E-state index is 13.4. The molecule has 0 spiro atoms. The van der Waals surface area contributed by atoms with Crippen molar-refractivity contribution in [2.75, 3.05) is 5.32 Å². The van der Waals surface area contributed by atoms with E-state index in [1.165, 1.54) is 17.4 Å². The van der Waals surface area contributed by atoms with Gasteiger partial charge in [0.2, 0.25) is 10.0 Å². The van der Waals surface area contributed by atoms with Gasteiger partial charge in [0.15, 0.2) is 5.88 Å². The first-order chi connectivity index (χ1) is 18.1. The van der Waals surface area contributed by atoms with Crippen molar-refractivity contribution in [1.82, 2.24) is 20.2 Å². The van der Waals surface area contributed by atoms with Crippen molar-refractivity contribution in [2.45, 2.75) is 109 Å². The number of carbonyl (C=O) groups is 1. The van der Waals surface area contributed by atoms with Crippen molar-refractivity contribution in [3.8, 4) is 10.6 Å². The highest BCUT2D eigenvalue weighted by molar-refractivity contribution is 7.89. The smallest absolute Gasteiger partial charge is 0.411 e. The summed E-state index contributed by atoms with van der Waals surface area (Å²) >= 11 is 1.40. The molecule has 0 unspecified atom stereocenters. The molecule has 12 heteroatoms. The van der Waals surface area contributed by atoms with Gasteiger partial charge in [-0.05, 0) is 98.9 Å². The number of benzene rings is 1. The lowest BCUT2D eigenvalue weighted by Crippen LogP contribution is -2.40. The van der Waals surface area contributed by atoms with Crippen LogP contribution in [-0.2, 0) is 19.5 Å². The largest absolute Gasteiger partial charge is 0.477 e. The van der Waals surface area contributed by atoms with Crippen molar-refractivity contribution in [2.24, 2.45) is 0 Å². The normalized spacial score (nSPS) is 18.2. The van der Waals surface area contributed by atoms with Crippen LogP contribution in [0.3, 0.4) is 0 Å². The van der Waals surface area contributed by atoms with Gasteiger partial charge in [-0.25, -0.2) is 17.9 Å². The number of nitrogens with zero attached hydrogens (tertiary/aromatic N) is 2. The molecule has 216 valence electrons. The number of hydrogen-bond acceptors (Lipinski definition) is 9. The number of anilines is 1. The highest BCUT2D eigenvalue weighted by atomic mass is 32.2. The number of sulfonamides is 1. The first-order valence-corrected chi connectivity index (χ1v) is 15.5. The Kier molecular flexibility index (Phi) is 10.0. The summed E-state index contributed by atoms with van der Waals surface area (Å²) in [7, 11) is -3.95. The van der Waals surface area contributed by atoms with Crippen LogP contribution in [-0.4, -0.2) is 48.5 Å². The quantitative estimate of drug-likeness (QED) is 0.303. The summed E-state index contributed by atoms with van der Waals surface area (Å²) in [4.78, 5) is 12.2. The van der Waals surface area contributed by atoms with Gasteiger partial charge >= 0.3 is 6.09 Å². The Labute approximate surface area is 236 Å². The first-order valence-electron chi connectivity index (χ1n) is 13.2. The Bertz CT molecular complexity index is 1260. The summed E-state index contributed by atoms with van der Waals surface area (Å²) in [6, 6.07) is 5.00. The van der Waals surface area contributed by atoms with Crippen LogP contribution >= 0.6 is 11.3 Å². The average molecular weight is 580 g/mol. The minimum atomic E-state index is -3.95. The van der Waals surface area contributed by atoms with Crippen LogP contribution in [0, 0.1) is 0 Å². The van der Waals surface area contributed by atoms with E-state index in [9.17, 15) is 13.2 Å². The lowest BCUT2D eigenvalue weighted by atomic mass is 9.86. The first kappa shape index (κ1) is 30.8. The molecule has 0 bridgehead atoms. The van der Waals surface area contributed by atoms with Crippen LogP contribution in [0.2, 0.25) is 0 Å². The second-order valence-corrected chi connectivity index (χ2v) is 14.0. The fraction of sp³-hybridized carbons (Fsp3) is 0.593. The number of nitrogens with one attached hydrogen (secondary N) is 3. The van der Waals surface area contributed by atoms with Crippen molar-refractivity contribution < 1.29 is 22.7 Å². The van der Waals surface area contributed by atoms with Crippen LogP contribution in [0.5, 0.6) is 0 Å². The highest BCUT2D eigenvalue weighted by Gasteiger charge is 2.29. The maximum Gasteiger partial charge on any atom is 0.411 e. The number of aromatic nitrogens is 2. The van der Waals surface area contributed by atoms with Gasteiger partial charge in [0, 0.05) is 28.7 Å². The number of hydrogen-bond donors (Lipinski definition) is 3. The molecule has 0 aliphatic heterocycles. The van der Waals surface area contributed by atoms with Gasteiger partial charge in [-0.1, -0.05) is 11.3 Å². The lowest BCUT2D eigenvalue weighted by Gasteiger charge is -2.29. The molecule has 0 atom stereocenters. The van der Waals surface area contributed by atoms with Crippen molar-refractivity contribution >= 4 is 33.1 Å². The van der Waals surface area contributed by atoms with E-state index in [0.717, 1.165) is 30.7 Å². The molecular formula is C27H41N5O5S2. The van der Waals surface area contributed by atoms with Crippen LogP contribution < -0.4 is 15.4 Å². The van der Waals surface area contributed by atoms with E-state index in [0.29, 0.717) is 28.2 Å². The fourth-order valence-corrected chi connectivity index (χ4v) is 7.13. The molecule has 1 amide bonds. The molecule has 39 heavy (non-hydrogen) atoms. The molecule has 0 radical (unpaired) electrons. The van der Waals surface area contributed by atoms with E-state index in [4.69, 9.17) is 9.47 Å². The predicted molar refractivity (Wildman–Crippen MR) is 154 cm³/mol. The summed E-state index contributed by atoms with van der Waals surface area (Å²) in [5.74, 6) is 0.841. The summed E-state index contributed by atoms with van der Waals surface area (Å²) < 4.78 is 40.3. The Balaban J connectivity index is 1.82. The van der Waals surface area contributed by atoms with Crippen molar-refractivity contribution in [1.29, 1.82) is 0 Å². The molecule has 1 heterocycles. The number of rotatable bonds is 10. The van der Waals surface area contributed by atoms with Gasteiger partial charge in [0.05, 0.1) is 17.1 Å². The topological polar surface area (TPSA) is 132 Å². The van der Waals surface area contributed by atoms with E-state index < -0.39 is 21.7 Å². The molecule has 3 rings (SSSR count). The summed E-state index contributed by atoms with van der Waals surface area (Å²) in [5.41, 5.74) is 0.0219. The van der Waals surface area contributed by atoms with Crippen LogP contribution in [0.1, 0.15) is 85.1 Å². The number of ether oxygens (including phenoxy) is 2. The molecule has 10 nitrogen and oxygen atoms in total. The summed E-state index contributed by atoms with van der Waals surface area (Å²) in [5, 5.41) is 16.2. The third-order valence-electron chi connectivity index (χ3n) is 5.79. The summed E-state index contributed by atoms with van der Waals surface area (Å²) in [6.07, 6.45) is 2.86. The standard InChI is InChI=1S/C27H41N5O5S2/c1-16(2)36-18(5)28-20-11-9-19(10-12-20)24-30-31-25(38-24)22-14-13-21(29-26(33)37-17(3)4)15-23(22)39(34,35)32-27(6,7)8/h13-17,19-20,28,32H,5,9-12H2,1-4,6-8H3,(H,29,33). The molecule has 1 aliphatic carbocycles. The van der Waals surface area contributed by atoms with Gasteiger partial charge < -0.3 is 14.8 Å². The average Bonchev–Trinajstić information content (AvgIpc) is 3.27. The predicted octanol–water partition coefficient (Wildman–Crippen LogP) is 5.75. The monoisotopic (exact) mass is 579 g/mol. The number of amides is 1. The second kappa shape index (κ2) is 12.6. The molecule has 3 N–H and O–H groups in total. The zero-order valence-corrected chi connectivity index (χ0v) is 25.5. The minimum absolute atomic E-state index is 0.0130. The van der Waals surface area contributed by atoms with Crippen LogP contribution in [0.4, 0.5) is 10.5 Å². The van der Waals surface area contributed by atoms with E-state index in [1.807, 2.05) is 13.8 Å². The SMILES string of the molecule is C=C(NC1CCC(c2nnc(-c3ccc(NC(=O)OC(C)C)cc3S(=O)(=O)NC(C)(C)C)s2)CC1)OC(C)C. The highest BCUT2D eigenvalue weighted by Crippen LogP contribution is 2.39. The van der Waals surface area contributed by atoms with E-state index in [-0.39, 0.29) is 23.0 Å². The van der Waals surface area contributed by atoms with Gasteiger partial charge in [-0.15, -0.1) is 10.2 Å². The number of carbonyl (C=O) groups excluding carboxylic acids is 1. The van der Waals surface area contributed by atoms with Gasteiger partial charge in [0.1, 0.15) is 10.0 Å². The minimum Gasteiger partial charge on any atom is -0.477 e. The van der Waals surface area contributed by atoms with E-state index >= 15 is 0 Å². The van der Waals surface area contributed by atoms with Gasteiger partial charge in [0.25, 0.3) is 0 Å². The fourth-order valence-electron chi connectivity index (χ4n) is 4.36. The van der Waals surface area contributed by atoms with E-state index in [1.54, 1.807) is 46.8 Å². The molecule has 1 saturated carbocycles. The third-order valence-corrected chi connectivity index (χ3v) is 8.71. The van der Waals surface area contributed by atoms with Crippen LogP contribution in [0.25, 0.3) is 10.6 Å². The van der Waals surface area contributed by atoms with E-state index in [2.05, 4.69) is 32.1 Å². The Hall–Kier alpha value is -2.70.